The van der Waals surface area contributed by atoms with E-state index in [9.17, 15) is 50.8 Å². The number of hydrogen-bond acceptors (Lipinski definition) is 16. The highest BCUT2D eigenvalue weighted by Crippen LogP contribution is 2.32. The van der Waals surface area contributed by atoms with Crippen LogP contribution in [0.4, 0.5) is 0 Å². The fourth-order valence-electron chi connectivity index (χ4n) is 4.64. The highest BCUT2D eigenvalue weighted by atomic mass is 16.8. The van der Waals surface area contributed by atoms with Crippen molar-refractivity contribution in [1.82, 2.24) is 5.32 Å². The van der Waals surface area contributed by atoms with E-state index in [1.54, 1.807) is 0 Å². The summed E-state index contributed by atoms with van der Waals surface area (Å²) >= 11 is 0. The van der Waals surface area contributed by atoms with Crippen molar-refractivity contribution < 1.29 is 79.2 Å². The third kappa shape index (κ3) is 6.43. The van der Waals surface area contributed by atoms with Gasteiger partial charge in [-0.2, -0.15) is 0 Å². The van der Waals surface area contributed by atoms with E-state index in [4.69, 9.17) is 28.4 Å². The molecule has 3 aliphatic rings. The van der Waals surface area contributed by atoms with Crippen molar-refractivity contribution in [3.8, 4) is 0 Å². The first-order chi connectivity index (χ1) is 18.0. The maximum absolute atomic E-state index is 11.7. The zero-order valence-corrected chi connectivity index (χ0v) is 20.7. The van der Waals surface area contributed by atoms with Gasteiger partial charge in [0, 0.05) is 14.0 Å². The van der Waals surface area contributed by atoms with Crippen molar-refractivity contribution >= 4 is 5.91 Å². The van der Waals surface area contributed by atoms with E-state index in [1.807, 2.05) is 0 Å². The third-order valence-electron chi connectivity index (χ3n) is 6.71. The Kier molecular flexibility index (Phi) is 11.1. The van der Waals surface area contributed by atoms with Crippen molar-refractivity contribution in [3.63, 3.8) is 0 Å². The Morgan fingerprint density at radius 2 is 1.11 bits per heavy atom. The number of hydrogen-bond donors (Lipinski definition) is 10. The van der Waals surface area contributed by atoms with E-state index in [-0.39, 0.29) is 0 Å². The van der Waals surface area contributed by atoms with E-state index >= 15 is 0 Å². The molecule has 10 N–H and O–H groups in total. The van der Waals surface area contributed by atoms with Crippen molar-refractivity contribution in [3.05, 3.63) is 0 Å². The number of nitrogens with one attached hydrogen (secondary N) is 1. The molecule has 3 aliphatic heterocycles. The Bertz CT molecular complexity index is 759. The molecule has 3 saturated heterocycles. The standard InChI is InChI=1S/C21H37NO16/c1-6(26)22-10-12(28)11(27)7(3-23)34-19(10)37-17-9(5-25)36-21(16(32)14(17)30)38-18-8(4-24)35-20(33-2)15(31)13(18)29/h7-21,23-25,27-32H,3-5H2,1-2H3,(H,22,26)/t7-,8-,9-,10-,11+,12-,13-,14-,15-,16-,17+,18-,19+,20-,21+/m1/s1. The molecule has 38 heavy (non-hydrogen) atoms. The van der Waals surface area contributed by atoms with Gasteiger partial charge in [0.25, 0.3) is 0 Å². The molecule has 3 rings (SSSR count). The van der Waals surface area contributed by atoms with Gasteiger partial charge in [-0.25, -0.2) is 0 Å². The summed E-state index contributed by atoms with van der Waals surface area (Å²) in [6.45, 7) is -1.09. The topological polar surface area (TPSA) is 267 Å². The van der Waals surface area contributed by atoms with Crippen LogP contribution < -0.4 is 5.32 Å². The van der Waals surface area contributed by atoms with E-state index in [1.165, 1.54) is 7.11 Å². The molecule has 17 nitrogen and oxygen atoms in total. The monoisotopic (exact) mass is 559 g/mol. The van der Waals surface area contributed by atoms with Gasteiger partial charge in [-0.15, -0.1) is 0 Å². The third-order valence-corrected chi connectivity index (χ3v) is 6.71. The minimum atomic E-state index is -1.89. The zero-order valence-electron chi connectivity index (χ0n) is 20.7. The summed E-state index contributed by atoms with van der Waals surface area (Å²) in [5, 5.41) is 94.2. The van der Waals surface area contributed by atoms with E-state index in [2.05, 4.69) is 5.32 Å². The van der Waals surface area contributed by atoms with Gasteiger partial charge in [-0.05, 0) is 0 Å². The summed E-state index contributed by atoms with van der Waals surface area (Å²) < 4.78 is 32.5. The molecule has 0 aromatic heterocycles. The Labute approximate surface area is 217 Å². The van der Waals surface area contributed by atoms with Crippen LogP contribution >= 0.6 is 0 Å². The second-order valence-corrected chi connectivity index (χ2v) is 9.28. The molecule has 1 amide bonds. The second kappa shape index (κ2) is 13.5. The van der Waals surface area contributed by atoms with Gasteiger partial charge < -0.3 is 79.7 Å². The molecule has 0 aliphatic carbocycles. The van der Waals surface area contributed by atoms with Gasteiger partial charge >= 0.3 is 0 Å². The number of ether oxygens (including phenoxy) is 6. The molecule has 0 aromatic rings. The molecule has 0 unspecified atom stereocenters. The summed E-state index contributed by atoms with van der Waals surface area (Å²) in [7, 11) is 1.21. The van der Waals surface area contributed by atoms with Crippen LogP contribution in [0.2, 0.25) is 0 Å². The first kappa shape index (κ1) is 31.4. The first-order valence-electron chi connectivity index (χ1n) is 12.0. The molecule has 0 radical (unpaired) electrons. The molecule has 0 aromatic carbocycles. The largest absolute Gasteiger partial charge is 0.394 e. The van der Waals surface area contributed by atoms with Crippen molar-refractivity contribution in [1.29, 1.82) is 0 Å². The number of carbonyl (C=O) groups is 1. The molecule has 0 spiro atoms. The highest BCUT2D eigenvalue weighted by Gasteiger charge is 2.53. The Morgan fingerprint density at radius 1 is 0.658 bits per heavy atom. The summed E-state index contributed by atoms with van der Waals surface area (Å²) in [6.07, 6.45) is -21.8. The average Bonchev–Trinajstić information content (AvgIpc) is 2.90. The SMILES string of the molecule is CO[C@@H]1O[C@H](CO)[C@@H](O[C@@H]2O[C@H](CO)[C@H](O[C@@H]3O[C@H](CO)[C@H](O)[C@H](O)[C@H]3NC(C)=O)[C@H](O)[C@H]2O)[C@H](O)[C@H]1O. The Hall–Kier alpha value is -1.13. The average molecular weight is 560 g/mol. The van der Waals surface area contributed by atoms with Crippen LogP contribution in [0.15, 0.2) is 0 Å². The number of methoxy groups -OCH3 is 1. The molecule has 0 bridgehead atoms. The zero-order chi connectivity index (χ0) is 28.3. The molecule has 3 fully saturated rings. The smallest absolute Gasteiger partial charge is 0.217 e. The maximum Gasteiger partial charge on any atom is 0.217 e. The van der Waals surface area contributed by atoms with E-state index in [0.29, 0.717) is 0 Å². The van der Waals surface area contributed by atoms with Crippen LogP contribution in [-0.2, 0) is 33.2 Å². The number of rotatable bonds is 9. The lowest BCUT2D eigenvalue weighted by Gasteiger charge is -2.48. The summed E-state index contributed by atoms with van der Waals surface area (Å²) in [5.74, 6) is -0.627. The lowest BCUT2D eigenvalue weighted by atomic mass is 9.95. The van der Waals surface area contributed by atoms with Crippen LogP contribution in [0.5, 0.6) is 0 Å². The lowest BCUT2D eigenvalue weighted by molar-refractivity contribution is -0.373. The molecular formula is C21H37NO16. The van der Waals surface area contributed by atoms with Crippen LogP contribution in [0.25, 0.3) is 0 Å². The van der Waals surface area contributed by atoms with Crippen molar-refractivity contribution in [2.75, 3.05) is 26.9 Å². The molecule has 222 valence electrons. The number of carbonyl (C=O) groups excluding carboxylic acids is 1. The van der Waals surface area contributed by atoms with Crippen LogP contribution in [0, 0.1) is 0 Å². The van der Waals surface area contributed by atoms with Crippen molar-refractivity contribution in [2.45, 2.75) is 99.0 Å². The Balaban J connectivity index is 1.77. The van der Waals surface area contributed by atoms with E-state index < -0.39 is 118 Å². The quantitative estimate of drug-likeness (QED) is 0.126. The van der Waals surface area contributed by atoms with Gasteiger partial charge in [0.2, 0.25) is 5.91 Å². The number of aliphatic hydroxyl groups is 9. The molecule has 3 heterocycles. The molecule has 15 atom stereocenters. The fourth-order valence-corrected chi connectivity index (χ4v) is 4.64. The van der Waals surface area contributed by atoms with Gasteiger partial charge in [0.1, 0.15) is 73.2 Å². The highest BCUT2D eigenvalue weighted by molar-refractivity contribution is 5.73. The maximum atomic E-state index is 11.7. The first-order valence-corrected chi connectivity index (χ1v) is 12.0. The van der Waals surface area contributed by atoms with E-state index in [0.717, 1.165) is 6.92 Å². The molecule has 0 saturated carbocycles. The van der Waals surface area contributed by atoms with Crippen LogP contribution in [-0.4, -0.2) is 171 Å². The molecule has 17 heteroatoms. The fraction of sp³-hybridized carbons (Fsp3) is 0.952. The normalized spacial score (nSPS) is 48.0. The summed E-state index contributed by atoms with van der Waals surface area (Å²) in [5.41, 5.74) is 0. The van der Waals surface area contributed by atoms with Gasteiger partial charge in [-0.3, -0.25) is 4.79 Å². The molecular weight excluding hydrogens is 522 g/mol. The second-order valence-electron chi connectivity index (χ2n) is 9.28. The number of aliphatic hydroxyl groups excluding tert-OH is 9. The lowest BCUT2D eigenvalue weighted by Crippen LogP contribution is -2.68. The predicted octanol–water partition coefficient (Wildman–Crippen LogP) is -6.78. The number of amides is 1. The minimum Gasteiger partial charge on any atom is -0.394 e. The van der Waals surface area contributed by atoms with Gasteiger partial charge in [0.15, 0.2) is 18.9 Å². The van der Waals surface area contributed by atoms with Crippen LogP contribution in [0.3, 0.4) is 0 Å². The summed E-state index contributed by atoms with van der Waals surface area (Å²) in [4.78, 5) is 11.7. The van der Waals surface area contributed by atoms with Crippen molar-refractivity contribution in [2.24, 2.45) is 0 Å². The Morgan fingerprint density at radius 3 is 1.58 bits per heavy atom. The van der Waals surface area contributed by atoms with Gasteiger partial charge in [0.05, 0.1) is 19.8 Å². The van der Waals surface area contributed by atoms with Crippen LogP contribution in [0.1, 0.15) is 6.92 Å². The minimum absolute atomic E-state index is 0.627. The predicted molar refractivity (Wildman–Crippen MR) is 118 cm³/mol. The summed E-state index contributed by atoms with van der Waals surface area (Å²) in [6, 6.07) is -1.38. The van der Waals surface area contributed by atoms with Gasteiger partial charge in [-0.1, -0.05) is 0 Å².